The molecule has 0 saturated carbocycles. The number of para-hydroxylation sites is 2. The minimum atomic E-state index is -0.881. The molecular weight excluding hydrogens is 562 g/mol. The van der Waals surface area contributed by atoms with Gasteiger partial charge in [-0.25, -0.2) is 0 Å². The molecule has 3 atom stereocenters. The lowest BCUT2D eigenvalue weighted by Gasteiger charge is -2.30. The third-order valence-electron chi connectivity index (χ3n) is 8.58. The van der Waals surface area contributed by atoms with Crippen LogP contribution in [0.15, 0.2) is 42.5 Å². The summed E-state index contributed by atoms with van der Waals surface area (Å²) in [6.07, 6.45) is 4.37. The fourth-order valence-corrected chi connectivity index (χ4v) is 6.23. The van der Waals surface area contributed by atoms with Crippen LogP contribution in [0.1, 0.15) is 50.5 Å². The van der Waals surface area contributed by atoms with E-state index in [1.54, 1.807) is 7.11 Å². The first-order valence-corrected chi connectivity index (χ1v) is 15.8. The molecule has 0 unspecified atom stereocenters. The molecule has 0 aliphatic carbocycles. The number of carboxylic acid groups (broad SMARTS) is 1. The van der Waals surface area contributed by atoms with E-state index in [-0.39, 0.29) is 31.8 Å². The molecule has 242 valence electrons. The zero-order valence-electron chi connectivity index (χ0n) is 27.0. The number of methoxy groups -OCH3 is 1. The van der Waals surface area contributed by atoms with E-state index in [4.69, 9.17) is 18.9 Å². The SMILES string of the molecule is CCCCN(CCCC[N+](C)(C)C)C(=O)CN1C[C@H](c2ccc3c(c2)OCO3)[C@@H](C(=O)O)[C@@H]1CCOc1ccccc1OC. The number of ether oxygens (including phenoxy) is 4. The number of quaternary nitrogens is 1. The van der Waals surface area contributed by atoms with Crippen LogP contribution in [0.3, 0.4) is 0 Å². The number of unbranched alkanes of at least 4 members (excludes halogenated alkanes) is 2. The summed E-state index contributed by atoms with van der Waals surface area (Å²) in [4.78, 5) is 30.8. The zero-order valence-corrected chi connectivity index (χ0v) is 27.0. The van der Waals surface area contributed by atoms with Crippen molar-refractivity contribution in [1.82, 2.24) is 9.80 Å². The van der Waals surface area contributed by atoms with Gasteiger partial charge in [-0.3, -0.25) is 14.5 Å². The third kappa shape index (κ3) is 8.79. The molecule has 0 spiro atoms. The second-order valence-corrected chi connectivity index (χ2v) is 12.8. The Balaban J connectivity index is 1.53. The van der Waals surface area contributed by atoms with Gasteiger partial charge in [0.05, 0.1) is 53.9 Å². The maximum absolute atomic E-state index is 13.8. The summed E-state index contributed by atoms with van der Waals surface area (Å²) in [7, 11) is 8.14. The largest absolute Gasteiger partial charge is 0.493 e. The van der Waals surface area contributed by atoms with Gasteiger partial charge in [-0.1, -0.05) is 31.5 Å². The van der Waals surface area contributed by atoms with E-state index in [2.05, 4.69) is 33.0 Å². The highest BCUT2D eigenvalue weighted by Crippen LogP contribution is 2.43. The van der Waals surface area contributed by atoms with Crippen LogP contribution in [0.4, 0.5) is 0 Å². The quantitative estimate of drug-likeness (QED) is 0.206. The molecule has 1 amide bonds. The Labute approximate surface area is 262 Å². The Kier molecular flexibility index (Phi) is 11.7. The predicted octanol–water partition coefficient (Wildman–Crippen LogP) is 4.48. The molecule has 2 heterocycles. The van der Waals surface area contributed by atoms with Crippen LogP contribution in [0, 0.1) is 5.92 Å². The summed E-state index contributed by atoms with van der Waals surface area (Å²) in [6.45, 7) is 5.66. The van der Waals surface area contributed by atoms with Gasteiger partial charge in [0.25, 0.3) is 0 Å². The first-order chi connectivity index (χ1) is 21.1. The molecule has 10 nitrogen and oxygen atoms in total. The predicted molar refractivity (Wildman–Crippen MR) is 169 cm³/mol. The number of nitrogens with zero attached hydrogens (tertiary/aromatic N) is 3. The number of likely N-dealkylation sites (tertiary alicyclic amines) is 1. The van der Waals surface area contributed by atoms with Crippen LogP contribution in [0.5, 0.6) is 23.0 Å². The first-order valence-electron chi connectivity index (χ1n) is 15.8. The Morgan fingerprint density at radius 1 is 1.02 bits per heavy atom. The molecule has 2 aliphatic heterocycles. The lowest BCUT2D eigenvalue weighted by atomic mass is 9.84. The van der Waals surface area contributed by atoms with Crippen LogP contribution >= 0.6 is 0 Å². The average molecular weight is 613 g/mol. The molecule has 0 bridgehead atoms. The lowest BCUT2D eigenvalue weighted by molar-refractivity contribution is -0.870. The van der Waals surface area contributed by atoms with Gasteiger partial charge >= 0.3 is 5.97 Å². The number of fused-ring (bicyclic) bond motifs is 1. The van der Waals surface area contributed by atoms with Crippen molar-refractivity contribution in [3.63, 3.8) is 0 Å². The van der Waals surface area contributed by atoms with Crippen molar-refractivity contribution in [3.05, 3.63) is 48.0 Å². The second-order valence-electron chi connectivity index (χ2n) is 12.8. The van der Waals surface area contributed by atoms with E-state index in [1.807, 2.05) is 47.4 Å². The minimum Gasteiger partial charge on any atom is -0.493 e. The Morgan fingerprint density at radius 2 is 1.75 bits per heavy atom. The van der Waals surface area contributed by atoms with Crippen LogP contribution < -0.4 is 18.9 Å². The van der Waals surface area contributed by atoms with E-state index >= 15 is 0 Å². The number of benzene rings is 2. The van der Waals surface area contributed by atoms with Gasteiger partial charge in [-0.05, 0) is 55.5 Å². The lowest BCUT2D eigenvalue weighted by Crippen LogP contribution is -2.45. The summed E-state index contributed by atoms with van der Waals surface area (Å²) in [5.74, 6) is 0.631. The van der Waals surface area contributed by atoms with Crippen molar-refractivity contribution < 1.29 is 38.1 Å². The molecule has 0 aromatic heterocycles. The summed E-state index contributed by atoms with van der Waals surface area (Å²) >= 11 is 0. The van der Waals surface area contributed by atoms with Crippen molar-refractivity contribution in [2.24, 2.45) is 5.92 Å². The van der Waals surface area contributed by atoms with Gasteiger partial charge in [-0.15, -0.1) is 0 Å². The Hall–Kier alpha value is -3.50. The summed E-state index contributed by atoms with van der Waals surface area (Å²) < 4.78 is 23.5. The molecule has 1 fully saturated rings. The molecule has 2 aromatic carbocycles. The van der Waals surface area contributed by atoms with Crippen LogP contribution in [0.2, 0.25) is 0 Å². The standard InChI is InChI=1S/C34H49N3O7/c1-6-7-17-35(18-10-11-19-37(2,3)4)32(38)23-36-22-26(25-14-15-30-31(21-25)44-24-43-30)33(34(39)40)27(36)16-20-42-29-13-9-8-12-28(29)41-5/h8-9,12-15,21,26-27,33H,6-7,10-11,16-20,22-24H2,1-5H3/p+1/t26-,27+,33-/m1/s1. The number of aliphatic carboxylic acids is 1. The van der Waals surface area contributed by atoms with Gasteiger partial charge in [0.15, 0.2) is 23.0 Å². The molecule has 4 rings (SSSR count). The van der Waals surface area contributed by atoms with E-state index in [9.17, 15) is 14.7 Å². The smallest absolute Gasteiger partial charge is 0.308 e. The third-order valence-corrected chi connectivity index (χ3v) is 8.58. The van der Waals surface area contributed by atoms with Crippen LogP contribution in [-0.2, 0) is 9.59 Å². The van der Waals surface area contributed by atoms with Crippen LogP contribution in [-0.4, -0.2) is 112 Å². The molecule has 10 heteroatoms. The highest BCUT2D eigenvalue weighted by molar-refractivity contribution is 5.79. The average Bonchev–Trinajstić information content (AvgIpc) is 3.60. The van der Waals surface area contributed by atoms with E-state index in [0.717, 1.165) is 42.3 Å². The normalized spacial score (nSPS) is 19.6. The summed E-state index contributed by atoms with van der Waals surface area (Å²) in [5.41, 5.74) is 0.871. The van der Waals surface area contributed by atoms with Gasteiger partial charge in [0, 0.05) is 31.6 Å². The molecule has 1 saturated heterocycles. The number of hydrogen-bond donors (Lipinski definition) is 1. The monoisotopic (exact) mass is 612 g/mol. The Bertz CT molecular complexity index is 1250. The number of carboxylic acids is 1. The van der Waals surface area contributed by atoms with E-state index < -0.39 is 17.9 Å². The molecule has 2 aromatic rings. The van der Waals surface area contributed by atoms with Crippen molar-refractivity contribution in [1.29, 1.82) is 0 Å². The fraction of sp³-hybridized carbons (Fsp3) is 0.588. The number of carbonyl (C=O) groups excluding carboxylic acids is 1. The number of rotatable bonds is 17. The zero-order chi connectivity index (χ0) is 31.7. The van der Waals surface area contributed by atoms with E-state index in [1.165, 1.54) is 0 Å². The van der Waals surface area contributed by atoms with Crippen molar-refractivity contribution in [2.75, 3.05) is 74.4 Å². The molecule has 1 N–H and O–H groups in total. The number of amides is 1. The summed E-state index contributed by atoms with van der Waals surface area (Å²) in [6, 6.07) is 12.7. The molecule has 0 radical (unpaired) electrons. The molecule has 2 aliphatic rings. The van der Waals surface area contributed by atoms with E-state index in [0.29, 0.717) is 49.1 Å². The van der Waals surface area contributed by atoms with Gasteiger partial charge in [0.2, 0.25) is 12.7 Å². The van der Waals surface area contributed by atoms with Gasteiger partial charge < -0.3 is 33.4 Å². The van der Waals surface area contributed by atoms with Crippen LogP contribution in [0.25, 0.3) is 0 Å². The maximum atomic E-state index is 13.8. The number of carbonyl (C=O) groups is 2. The second kappa shape index (κ2) is 15.5. The molecular formula is C34H50N3O7+. The first kappa shape index (κ1) is 33.4. The maximum Gasteiger partial charge on any atom is 0.308 e. The molecule has 44 heavy (non-hydrogen) atoms. The Morgan fingerprint density at radius 3 is 2.45 bits per heavy atom. The minimum absolute atomic E-state index is 0.0508. The van der Waals surface area contributed by atoms with Crippen molar-refractivity contribution in [2.45, 2.75) is 51.0 Å². The van der Waals surface area contributed by atoms with Crippen molar-refractivity contribution >= 4 is 11.9 Å². The van der Waals surface area contributed by atoms with Gasteiger partial charge in [-0.2, -0.15) is 0 Å². The highest BCUT2D eigenvalue weighted by Gasteiger charge is 2.47. The highest BCUT2D eigenvalue weighted by atomic mass is 16.7. The topological polar surface area (TPSA) is 97.8 Å². The summed E-state index contributed by atoms with van der Waals surface area (Å²) in [5, 5.41) is 10.6. The number of hydrogen-bond acceptors (Lipinski definition) is 7. The van der Waals surface area contributed by atoms with Crippen molar-refractivity contribution in [3.8, 4) is 23.0 Å². The van der Waals surface area contributed by atoms with Gasteiger partial charge in [0.1, 0.15) is 0 Å². The fourth-order valence-electron chi connectivity index (χ4n) is 6.23.